The lowest BCUT2D eigenvalue weighted by Gasteiger charge is -2.47. The smallest absolute Gasteiger partial charge is 0.0643 e. The zero-order chi connectivity index (χ0) is 25.4. The second kappa shape index (κ2) is 9.11. The molecule has 0 bridgehead atoms. The Bertz CT molecular complexity index is 1690. The first-order chi connectivity index (χ1) is 17.9. The Kier molecular flexibility index (Phi) is 6.08. The van der Waals surface area contributed by atoms with Gasteiger partial charge in [0.25, 0.3) is 0 Å². The third-order valence-corrected chi connectivity index (χ3v) is 18.4. The highest BCUT2D eigenvalue weighted by Crippen LogP contribution is 2.60. The van der Waals surface area contributed by atoms with E-state index in [1.54, 1.807) is 0 Å². The molecule has 2 unspecified atom stereocenters. The van der Waals surface area contributed by atoms with Gasteiger partial charge in [-0.3, -0.25) is 0 Å². The molecule has 0 amide bonds. The summed E-state index contributed by atoms with van der Waals surface area (Å²) in [5.41, 5.74) is 3.60. The van der Waals surface area contributed by atoms with Crippen LogP contribution in [0.1, 0.15) is 0 Å². The molecule has 2 aliphatic heterocycles. The van der Waals surface area contributed by atoms with Gasteiger partial charge in [-0.1, -0.05) is 102 Å². The lowest BCUT2D eigenvalue weighted by atomic mass is 10.1. The minimum absolute atomic E-state index is 1.19. The Labute approximate surface area is 254 Å². The van der Waals surface area contributed by atoms with Crippen LogP contribution in [-0.2, 0) is 23.6 Å². The summed E-state index contributed by atoms with van der Waals surface area (Å²) in [6.07, 6.45) is 0. The van der Waals surface area contributed by atoms with Crippen molar-refractivity contribution in [2.45, 2.75) is 0 Å². The van der Waals surface area contributed by atoms with Gasteiger partial charge >= 0.3 is 0 Å². The predicted octanol–water partition coefficient (Wildman–Crippen LogP) is 6.50. The minimum Gasteiger partial charge on any atom is -0.308 e. The Morgan fingerprint density at radius 1 is 0.486 bits per heavy atom. The van der Waals surface area contributed by atoms with Crippen molar-refractivity contribution < 1.29 is 0 Å². The zero-order valence-electron chi connectivity index (χ0n) is 19.4. The zero-order valence-corrected chi connectivity index (χ0v) is 27.1. The molecule has 0 aliphatic carbocycles. The maximum Gasteiger partial charge on any atom is 0.0643 e. The van der Waals surface area contributed by atoms with E-state index < -0.39 is 12.1 Å². The molecule has 2 aliphatic rings. The molecule has 37 heavy (non-hydrogen) atoms. The van der Waals surface area contributed by atoms with Crippen LogP contribution in [0, 0.1) is 7.14 Å². The first kappa shape index (κ1) is 24.7. The van der Waals surface area contributed by atoms with Crippen molar-refractivity contribution in [1.82, 2.24) is 0 Å². The van der Waals surface area contributed by atoms with Crippen LogP contribution in [0.4, 0.5) is 17.1 Å². The number of anilines is 3. The summed E-state index contributed by atoms with van der Waals surface area (Å²) < 4.78 is 2.40. The molecule has 1 nitrogen and oxygen atoms in total. The first-order valence-corrected chi connectivity index (χ1v) is 19.6. The average molecular weight is 773 g/mol. The molecule has 7 heteroatoms. The van der Waals surface area contributed by atoms with Gasteiger partial charge < -0.3 is 4.90 Å². The van der Waals surface area contributed by atoms with Crippen molar-refractivity contribution in [3.8, 4) is 0 Å². The van der Waals surface area contributed by atoms with E-state index in [-0.39, 0.29) is 0 Å². The lowest BCUT2D eigenvalue weighted by molar-refractivity contribution is 1.30. The van der Waals surface area contributed by atoms with Gasteiger partial charge in [-0.15, -0.1) is 0 Å². The van der Waals surface area contributed by atoms with Gasteiger partial charge in [-0.2, -0.15) is 0 Å². The van der Waals surface area contributed by atoms with Crippen LogP contribution < -0.4 is 36.7 Å². The van der Waals surface area contributed by atoms with Crippen LogP contribution in [0.5, 0.6) is 0 Å². The standard InChI is InChI=1S/C30H19I2NP2S2/c31-20-14-16-26-24(18-20)33-25-19-21(32)15-17-27(25)35(37,23-10-5-2-6-11-23)29-13-7-12-28(30(29)33)34(26,36)22-8-3-1-4-9-22/h1-19H. The highest BCUT2D eigenvalue weighted by Gasteiger charge is 2.45. The van der Waals surface area contributed by atoms with Crippen molar-refractivity contribution in [3.05, 3.63) is 122 Å². The molecule has 0 saturated carbocycles. The molecule has 2 atom stereocenters. The topological polar surface area (TPSA) is 3.24 Å². The largest absolute Gasteiger partial charge is 0.308 e. The van der Waals surface area contributed by atoms with E-state index in [2.05, 4.69) is 165 Å². The van der Waals surface area contributed by atoms with E-state index in [0.29, 0.717) is 0 Å². The SMILES string of the molecule is S=P1(c2ccccc2)c2ccc(I)cc2N2c3cc(I)ccc3P(=S)(c3ccccc3)c3cccc1c32. The van der Waals surface area contributed by atoms with Crippen LogP contribution in [0.2, 0.25) is 0 Å². The molecule has 0 N–H and O–H groups in total. The fraction of sp³-hybridized carbons (Fsp3) is 0. The van der Waals surface area contributed by atoms with Crippen molar-refractivity contribution in [2.24, 2.45) is 0 Å². The van der Waals surface area contributed by atoms with Gasteiger partial charge in [0, 0.05) is 40.4 Å². The maximum atomic E-state index is 6.83. The molecule has 5 aromatic rings. The minimum atomic E-state index is -2.32. The Morgan fingerprint density at radius 2 is 0.919 bits per heavy atom. The summed E-state index contributed by atoms with van der Waals surface area (Å²) in [5.74, 6) is 0. The fourth-order valence-corrected chi connectivity index (χ4v) is 15.2. The van der Waals surface area contributed by atoms with Gasteiger partial charge in [0.2, 0.25) is 0 Å². The Morgan fingerprint density at radius 3 is 1.35 bits per heavy atom. The van der Waals surface area contributed by atoms with E-state index in [1.165, 1.54) is 56.0 Å². The van der Waals surface area contributed by atoms with Gasteiger partial charge in [0.15, 0.2) is 0 Å². The second-order valence-electron chi connectivity index (χ2n) is 9.14. The van der Waals surface area contributed by atoms with E-state index in [0.717, 1.165) is 0 Å². The summed E-state index contributed by atoms with van der Waals surface area (Å²) >= 11 is 18.5. The number of benzene rings is 5. The van der Waals surface area contributed by atoms with Gasteiger partial charge in [-0.05, 0) is 92.2 Å². The van der Waals surface area contributed by atoms with Crippen LogP contribution >= 0.6 is 57.3 Å². The number of hydrogen-bond acceptors (Lipinski definition) is 3. The van der Waals surface area contributed by atoms with Crippen LogP contribution in [0.25, 0.3) is 0 Å². The first-order valence-electron chi connectivity index (χ1n) is 11.8. The van der Waals surface area contributed by atoms with Crippen LogP contribution in [-0.4, -0.2) is 0 Å². The highest BCUT2D eigenvalue weighted by atomic mass is 127. The molecule has 0 saturated heterocycles. The molecule has 5 aromatic carbocycles. The van der Waals surface area contributed by atoms with Crippen molar-refractivity contribution in [2.75, 3.05) is 4.90 Å². The summed E-state index contributed by atoms with van der Waals surface area (Å²) in [4.78, 5) is 2.47. The summed E-state index contributed by atoms with van der Waals surface area (Å²) in [6, 6.07) is 37.1. The van der Waals surface area contributed by atoms with E-state index >= 15 is 0 Å². The van der Waals surface area contributed by atoms with Crippen molar-refractivity contribution in [3.63, 3.8) is 0 Å². The van der Waals surface area contributed by atoms with Gasteiger partial charge in [0.05, 0.1) is 17.1 Å². The monoisotopic (exact) mass is 773 g/mol. The molecular formula is C30H19I2NP2S2. The molecule has 0 fully saturated rings. The quantitative estimate of drug-likeness (QED) is 0.146. The molecular weight excluding hydrogens is 754 g/mol. The van der Waals surface area contributed by atoms with Crippen molar-refractivity contribution >= 4 is 130 Å². The average Bonchev–Trinajstić information content (AvgIpc) is 2.93. The lowest BCUT2D eigenvalue weighted by Crippen LogP contribution is -2.45. The van der Waals surface area contributed by atoms with Crippen LogP contribution in [0.3, 0.4) is 0 Å². The Hall–Kier alpha value is -1.34. The second-order valence-corrected chi connectivity index (χ2v) is 20.3. The molecule has 0 spiro atoms. The number of fused-ring (bicyclic) bond motifs is 4. The summed E-state index contributed by atoms with van der Waals surface area (Å²) in [7, 11) is 0. The Balaban J connectivity index is 1.68. The molecule has 180 valence electrons. The molecule has 7 rings (SSSR count). The van der Waals surface area contributed by atoms with Crippen LogP contribution in [0.15, 0.2) is 115 Å². The van der Waals surface area contributed by atoms with Gasteiger partial charge in [0.1, 0.15) is 0 Å². The normalized spacial score (nSPS) is 21.1. The third kappa shape index (κ3) is 3.51. The van der Waals surface area contributed by atoms with E-state index in [4.69, 9.17) is 23.6 Å². The number of hydrogen-bond donors (Lipinski definition) is 0. The molecule has 2 heterocycles. The van der Waals surface area contributed by atoms with Gasteiger partial charge in [-0.25, -0.2) is 0 Å². The molecule has 0 aromatic heterocycles. The predicted molar refractivity (Wildman–Crippen MR) is 186 cm³/mol. The fourth-order valence-electron chi connectivity index (χ4n) is 5.60. The van der Waals surface area contributed by atoms with E-state index in [9.17, 15) is 0 Å². The molecule has 0 radical (unpaired) electrons. The number of nitrogens with zero attached hydrogens (tertiary/aromatic N) is 1. The van der Waals surface area contributed by atoms with E-state index in [1.807, 2.05) is 0 Å². The van der Waals surface area contributed by atoms with Crippen molar-refractivity contribution in [1.29, 1.82) is 0 Å². The number of para-hydroxylation sites is 1. The number of halogens is 2. The summed E-state index contributed by atoms with van der Waals surface area (Å²) in [5, 5.41) is 7.44. The third-order valence-electron chi connectivity index (χ3n) is 7.17. The summed E-state index contributed by atoms with van der Waals surface area (Å²) in [6.45, 7) is 0. The number of rotatable bonds is 2. The highest BCUT2D eigenvalue weighted by molar-refractivity contribution is 14.1. The maximum absolute atomic E-state index is 6.83.